The largest absolute Gasteiger partial charge is 0.390 e. The lowest BCUT2D eigenvalue weighted by atomic mass is 9.94. The number of piperidine rings is 1. The van der Waals surface area contributed by atoms with Gasteiger partial charge in [0.05, 0.1) is 22.5 Å². The van der Waals surface area contributed by atoms with Gasteiger partial charge in [0.15, 0.2) is 5.82 Å². The molecule has 1 atom stereocenters. The molecule has 2 saturated heterocycles. The van der Waals surface area contributed by atoms with E-state index in [0.717, 1.165) is 10.9 Å². The molecule has 3 aromatic rings. The van der Waals surface area contributed by atoms with Crippen LogP contribution in [0.1, 0.15) is 46.1 Å². The van der Waals surface area contributed by atoms with Crippen molar-refractivity contribution < 1.29 is 9.90 Å². The Hall–Kier alpha value is -3.31. The van der Waals surface area contributed by atoms with Gasteiger partial charge < -0.3 is 21.1 Å². The Kier molecular flexibility index (Phi) is 5.61. The standard InChI is InChI=1S/C23H31N9O2/c1-14(2)32-17-12-19(26-13-15(17)20(29-32)31-9-5-16(24)21(31)33)27-18-4-8-25-22(28-18)30-10-6-23(3,34)7-11-30/h4,8,12-14,16,34H,5-7,9-11,24H2,1-3H3,(H,25,26,27,28). The number of nitrogens with two attached hydrogens (primary N) is 1. The van der Waals surface area contributed by atoms with Crippen molar-refractivity contribution in [2.45, 2.75) is 57.7 Å². The maximum Gasteiger partial charge on any atom is 0.245 e. The second-order valence-corrected chi connectivity index (χ2v) is 9.68. The lowest BCUT2D eigenvalue weighted by Gasteiger charge is -2.35. The summed E-state index contributed by atoms with van der Waals surface area (Å²) >= 11 is 0. The van der Waals surface area contributed by atoms with Crippen LogP contribution in [0.3, 0.4) is 0 Å². The van der Waals surface area contributed by atoms with E-state index >= 15 is 0 Å². The summed E-state index contributed by atoms with van der Waals surface area (Å²) in [5.41, 5.74) is 6.17. The molecule has 34 heavy (non-hydrogen) atoms. The lowest BCUT2D eigenvalue weighted by molar-refractivity contribution is -0.118. The molecule has 2 aliphatic rings. The number of hydrogen-bond acceptors (Lipinski definition) is 9. The van der Waals surface area contributed by atoms with Crippen LogP contribution in [0, 0.1) is 0 Å². The molecule has 3 aromatic heterocycles. The van der Waals surface area contributed by atoms with Crippen LogP contribution in [0.2, 0.25) is 0 Å². The molecule has 0 bridgehead atoms. The van der Waals surface area contributed by atoms with Gasteiger partial charge in [0.1, 0.15) is 11.6 Å². The Morgan fingerprint density at radius 3 is 2.65 bits per heavy atom. The van der Waals surface area contributed by atoms with Gasteiger partial charge in [0, 0.05) is 44.1 Å². The number of fused-ring (bicyclic) bond motifs is 1. The molecule has 5 heterocycles. The summed E-state index contributed by atoms with van der Waals surface area (Å²) in [6, 6.07) is 3.34. The zero-order chi connectivity index (χ0) is 24.0. The van der Waals surface area contributed by atoms with E-state index in [0.29, 0.717) is 62.3 Å². The minimum absolute atomic E-state index is 0.0971. The maximum atomic E-state index is 12.5. The fraction of sp³-hybridized carbons (Fsp3) is 0.522. The van der Waals surface area contributed by atoms with Gasteiger partial charge in [0.2, 0.25) is 11.9 Å². The minimum Gasteiger partial charge on any atom is -0.390 e. The van der Waals surface area contributed by atoms with Gasteiger partial charge in [-0.05, 0) is 46.1 Å². The third kappa shape index (κ3) is 4.16. The molecule has 180 valence electrons. The minimum atomic E-state index is -0.630. The van der Waals surface area contributed by atoms with E-state index in [9.17, 15) is 9.90 Å². The van der Waals surface area contributed by atoms with Gasteiger partial charge in [-0.15, -0.1) is 0 Å². The quantitative estimate of drug-likeness (QED) is 0.516. The number of amides is 1. The Bertz CT molecular complexity index is 1210. The van der Waals surface area contributed by atoms with Crippen LogP contribution in [0.4, 0.5) is 23.4 Å². The van der Waals surface area contributed by atoms with Crippen molar-refractivity contribution >= 4 is 40.2 Å². The number of aliphatic hydroxyl groups is 1. The number of carbonyl (C=O) groups excluding carboxylic acids is 1. The van der Waals surface area contributed by atoms with Gasteiger partial charge in [0.25, 0.3) is 0 Å². The molecule has 11 heteroatoms. The average Bonchev–Trinajstić information content (AvgIpc) is 3.33. The van der Waals surface area contributed by atoms with Crippen LogP contribution < -0.4 is 20.9 Å². The second kappa shape index (κ2) is 8.48. The summed E-state index contributed by atoms with van der Waals surface area (Å²) in [7, 11) is 0. The van der Waals surface area contributed by atoms with Crippen molar-refractivity contribution in [1.29, 1.82) is 0 Å². The fourth-order valence-corrected chi connectivity index (χ4v) is 4.48. The molecule has 5 rings (SSSR count). The summed E-state index contributed by atoms with van der Waals surface area (Å²) < 4.78 is 1.90. The van der Waals surface area contributed by atoms with E-state index in [1.807, 2.05) is 31.5 Å². The van der Waals surface area contributed by atoms with Crippen molar-refractivity contribution in [3.63, 3.8) is 0 Å². The van der Waals surface area contributed by atoms with E-state index < -0.39 is 11.6 Å². The Balaban J connectivity index is 1.42. The molecule has 0 aromatic carbocycles. The van der Waals surface area contributed by atoms with Gasteiger partial charge in [-0.1, -0.05) is 0 Å². The molecule has 11 nitrogen and oxygen atoms in total. The number of nitrogens with zero attached hydrogens (tertiary/aromatic N) is 7. The number of rotatable bonds is 5. The number of carbonyl (C=O) groups is 1. The van der Waals surface area contributed by atoms with E-state index in [-0.39, 0.29) is 11.9 Å². The van der Waals surface area contributed by atoms with Gasteiger partial charge >= 0.3 is 0 Å². The summed E-state index contributed by atoms with van der Waals surface area (Å²) in [6.07, 6.45) is 5.43. The van der Waals surface area contributed by atoms with Crippen LogP contribution in [-0.2, 0) is 4.79 Å². The molecule has 0 saturated carbocycles. The fourth-order valence-electron chi connectivity index (χ4n) is 4.48. The zero-order valence-corrected chi connectivity index (χ0v) is 19.8. The normalized spacial score (nSPS) is 20.5. The highest BCUT2D eigenvalue weighted by atomic mass is 16.3. The molecule has 0 spiro atoms. The molecule has 0 aliphatic carbocycles. The maximum absolute atomic E-state index is 12.5. The molecule has 2 fully saturated rings. The first-order valence-electron chi connectivity index (χ1n) is 11.7. The Morgan fingerprint density at radius 2 is 1.97 bits per heavy atom. The van der Waals surface area contributed by atoms with Crippen LogP contribution in [0.25, 0.3) is 10.9 Å². The highest BCUT2D eigenvalue weighted by Crippen LogP contribution is 2.32. The van der Waals surface area contributed by atoms with Gasteiger partial charge in [-0.25, -0.2) is 9.97 Å². The van der Waals surface area contributed by atoms with Crippen molar-refractivity contribution in [3.8, 4) is 0 Å². The van der Waals surface area contributed by atoms with Crippen LogP contribution >= 0.6 is 0 Å². The molecular weight excluding hydrogens is 434 g/mol. The second-order valence-electron chi connectivity index (χ2n) is 9.68. The summed E-state index contributed by atoms with van der Waals surface area (Å²) in [6.45, 7) is 7.93. The number of pyridine rings is 1. The first kappa shape index (κ1) is 22.5. The van der Waals surface area contributed by atoms with E-state index in [1.54, 1.807) is 23.4 Å². The molecule has 4 N–H and O–H groups in total. The molecule has 1 unspecified atom stereocenters. The highest BCUT2D eigenvalue weighted by Gasteiger charge is 2.33. The topological polar surface area (TPSA) is 138 Å². The predicted molar refractivity (Wildman–Crippen MR) is 130 cm³/mol. The number of nitrogens with one attached hydrogen (secondary N) is 1. The van der Waals surface area contributed by atoms with Crippen molar-refractivity contribution in [3.05, 3.63) is 24.5 Å². The van der Waals surface area contributed by atoms with Crippen molar-refractivity contribution in [1.82, 2.24) is 24.7 Å². The summed E-state index contributed by atoms with van der Waals surface area (Å²) in [5.74, 6) is 2.37. The van der Waals surface area contributed by atoms with Crippen LogP contribution in [0.15, 0.2) is 24.5 Å². The van der Waals surface area contributed by atoms with Crippen molar-refractivity contribution in [2.75, 3.05) is 34.8 Å². The van der Waals surface area contributed by atoms with Gasteiger partial charge in [-0.2, -0.15) is 10.1 Å². The third-order valence-electron chi connectivity index (χ3n) is 6.59. The number of hydrogen-bond donors (Lipinski definition) is 3. The summed E-state index contributed by atoms with van der Waals surface area (Å²) in [5, 5.41) is 19.0. The first-order valence-corrected chi connectivity index (χ1v) is 11.7. The molecular formula is C23H31N9O2. The van der Waals surface area contributed by atoms with E-state index in [4.69, 9.17) is 10.8 Å². The molecule has 0 radical (unpaired) electrons. The summed E-state index contributed by atoms with van der Waals surface area (Å²) in [4.78, 5) is 29.9. The molecule has 1 amide bonds. The lowest BCUT2D eigenvalue weighted by Crippen LogP contribution is -2.43. The Labute approximate surface area is 198 Å². The van der Waals surface area contributed by atoms with Gasteiger partial charge in [-0.3, -0.25) is 14.4 Å². The number of anilines is 4. The first-order chi connectivity index (χ1) is 16.2. The predicted octanol–water partition coefficient (Wildman–Crippen LogP) is 1.96. The van der Waals surface area contributed by atoms with Crippen LogP contribution in [0.5, 0.6) is 0 Å². The average molecular weight is 466 g/mol. The van der Waals surface area contributed by atoms with Crippen LogP contribution in [-0.4, -0.2) is 67.0 Å². The highest BCUT2D eigenvalue weighted by molar-refractivity contribution is 6.05. The number of aromatic nitrogens is 5. The SMILES string of the molecule is CC(C)n1nc(N2CCC(N)C2=O)c2cnc(Nc3ccnc(N4CCC(C)(O)CC4)n3)cc21. The van der Waals surface area contributed by atoms with Crippen molar-refractivity contribution in [2.24, 2.45) is 5.73 Å². The zero-order valence-electron chi connectivity index (χ0n) is 19.8. The molecule has 2 aliphatic heterocycles. The van der Waals surface area contributed by atoms with E-state index in [2.05, 4.69) is 25.2 Å². The third-order valence-corrected chi connectivity index (χ3v) is 6.59. The smallest absolute Gasteiger partial charge is 0.245 e. The van der Waals surface area contributed by atoms with E-state index in [1.165, 1.54) is 0 Å². The Morgan fingerprint density at radius 1 is 1.21 bits per heavy atom. The monoisotopic (exact) mass is 465 g/mol.